The minimum Gasteiger partial charge on any atom is -0.475 e. The van der Waals surface area contributed by atoms with E-state index in [0.717, 1.165) is 0 Å². The van der Waals surface area contributed by atoms with Crippen molar-refractivity contribution in [3.8, 4) is 0 Å². The Morgan fingerprint density at radius 1 is 1.35 bits per heavy atom. The molecule has 1 aromatic carbocycles. The third-order valence-corrected chi connectivity index (χ3v) is 7.01. The first-order chi connectivity index (χ1) is 10.9. The molecule has 23 heavy (non-hydrogen) atoms. The number of rotatable bonds is 2. The highest BCUT2D eigenvalue weighted by molar-refractivity contribution is 5.89. The molecule has 2 nitrogen and oxygen atoms in total. The van der Waals surface area contributed by atoms with E-state index < -0.39 is 0 Å². The van der Waals surface area contributed by atoms with Crippen LogP contribution in [0.4, 0.5) is 0 Å². The van der Waals surface area contributed by atoms with Crippen molar-refractivity contribution in [1.82, 2.24) is 4.98 Å². The van der Waals surface area contributed by atoms with Gasteiger partial charge in [-0.2, -0.15) is 7.05 Å². The van der Waals surface area contributed by atoms with Crippen molar-refractivity contribution >= 4 is 10.9 Å². The van der Waals surface area contributed by atoms with Crippen LogP contribution in [0.25, 0.3) is 10.9 Å². The summed E-state index contributed by atoms with van der Waals surface area (Å²) in [5.74, 6) is 1.19. The van der Waals surface area contributed by atoms with E-state index >= 15 is 0 Å². The number of fused-ring (bicyclic) bond motifs is 2. The molecule has 0 aliphatic heterocycles. The van der Waals surface area contributed by atoms with E-state index in [1.807, 2.05) is 0 Å². The zero-order valence-electron chi connectivity index (χ0n) is 14.5. The van der Waals surface area contributed by atoms with Gasteiger partial charge < -0.3 is 10.3 Å². The first kappa shape index (κ1) is 15.0. The monoisotopic (exact) mass is 308 g/mol. The fourth-order valence-electron chi connectivity index (χ4n) is 5.56. The highest BCUT2D eigenvalue weighted by Gasteiger charge is 2.54. The van der Waals surface area contributed by atoms with Gasteiger partial charge in [0.05, 0.1) is 6.04 Å². The van der Waals surface area contributed by atoms with Gasteiger partial charge in [0.25, 0.3) is 0 Å². The van der Waals surface area contributed by atoms with E-state index in [-0.39, 0.29) is 10.8 Å². The van der Waals surface area contributed by atoms with Gasteiger partial charge in [-0.1, -0.05) is 39.0 Å². The lowest BCUT2D eigenvalue weighted by molar-refractivity contribution is -0.654. The maximum Gasteiger partial charge on any atom is 0.0782 e. The normalized spacial score (nSPS) is 35.0. The zero-order valence-corrected chi connectivity index (χ0v) is 14.5. The molecular formula is C21H28N2. The van der Waals surface area contributed by atoms with Gasteiger partial charge in [-0.05, 0) is 41.4 Å². The average molecular weight is 308 g/mol. The van der Waals surface area contributed by atoms with Gasteiger partial charge >= 0.3 is 0 Å². The minimum atomic E-state index is 0.148. The smallest absolute Gasteiger partial charge is 0.0782 e. The average Bonchev–Trinajstić information content (AvgIpc) is 2.97. The summed E-state index contributed by atoms with van der Waals surface area (Å²) in [6.07, 6.45) is 6.89. The predicted molar refractivity (Wildman–Crippen MR) is 96.2 cm³/mol. The number of nitrogens with two attached hydrogens (primary N) is 1. The van der Waals surface area contributed by atoms with Gasteiger partial charge in [-0.25, -0.2) is 0 Å². The number of aromatic amines is 1. The number of H-pyrrole nitrogens is 1. The minimum absolute atomic E-state index is 0.148. The van der Waals surface area contributed by atoms with Gasteiger partial charge in [-0.15, -0.1) is 6.58 Å². The summed E-state index contributed by atoms with van der Waals surface area (Å²) in [5, 5.41) is 3.65. The quantitative estimate of drug-likeness (QED) is 0.624. The summed E-state index contributed by atoms with van der Waals surface area (Å²) in [7, 11) is 4.21. The Morgan fingerprint density at radius 3 is 2.83 bits per heavy atom. The lowest BCUT2D eigenvalue weighted by atomic mass is 9.51. The highest BCUT2D eigenvalue weighted by atomic mass is 14.9. The third-order valence-electron chi connectivity index (χ3n) is 7.01. The van der Waals surface area contributed by atoms with Crippen LogP contribution in [0.5, 0.6) is 0 Å². The number of benzene rings is 1. The van der Waals surface area contributed by atoms with E-state index in [1.54, 1.807) is 0 Å². The van der Waals surface area contributed by atoms with Crippen molar-refractivity contribution in [3.05, 3.63) is 55.2 Å². The standard InChI is InChI=1S/C21H28N2/c1-6-21(4)11-10-15-18(19(21)22-5)13-12-23-16-9-7-8-14(17(13)16)20(15,2)3/h6-9,12,15,18-19,23H,1,5,10-11,22H2,2-4H3. The molecule has 4 atom stereocenters. The molecule has 1 aromatic heterocycles. The van der Waals surface area contributed by atoms with E-state index in [2.05, 4.69) is 75.2 Å². The van der Waals surface area contributed by atoms with E-state index in [4.69, 9.17) is 0 Å². The zero-order chi connectivity index (χ0) is 16.4. The largest absolute Gasteiger partial charge is 0.475 e. The lowest BCUT2D eigenvalue weighted by Crippen LogP contribution is -2.90. The van der Waals surface area contributed by atoms with Crippen LogP contribution in [0.2, 0.25) is 0 Å². The van der Waals surface area contributed by atoms with Crippen molar-refractivity contribution < 1.29 is 5.32 Å². The Hall–Kier alpha value is -1.54. The molecule has 122 valence electrons. The number of nitrogens with one attached hydrogen (secondary N) is 1. The highest BCUT2D eigenvalue weighted by Crippen LogP contribution is 2.58. The molecule has 0 saturated heterocycles. The molecule has 0 radical (unpaired) electrons. The molecular weight excluding hydrogens is 280 g/mol. The Balaban J connectivity index is 2.00. The Morgan fingerprint density at radius 2 is 2.13 bits per heavy atom. The second-order valence-electron chi connectivity index (χ2n) is 8.34. The van der Waals surface area contributed by atoms with Crippen LogP contribution in [0.15, 0.2) is 37.1 Å². The molecule has 3 N–H and O–H groups in total. The Labute approximate surface area is 139 Å². The number of hydrogen-bond acceptors (Lipinski definition) is 0. The van der Waals surface area contributed by atoms with Crippen LogP contribution in [0.3, 0.4) is 0 Å². The van der Waals surface area contributed by atoms with Crippen molar-refractivity contribution in [2.24, 2.45) is 11.3 Å². The Bertz CT molecular complexity index is 769. The molecule has 1 saturated carbocycles. The van der Waals surface area contributed by atoms with Crippen LogP contribution in [-0.2, 0) is 5.41 Å². The van der Waals surface area contributed by atoms with Gasteiger partial charge in [0.15, 0.2) is 0 Å². The molecule has 2 aliphatic rings. The van der Waals surface area contributed by atoms with Crippen LogP contribution in [0, 0.1) is 18.4 Å². The van der Waals surface area contributed by atoms with Crippen LogP contribution in [-0.4, -0.2) is 11.0 Å². The maximum atomic E-state index is 4.21. The number of quaternary nitrogens is 1. The molecule has 4 rings (SSSR count). The van der Waals surface area contributed by atoms with E-state index in [0.29, 0.717) is 17.9 Å². The predicted octanol–water partition coefficient (Wildman–Crippen LogP) is 3.87. The molecule has 1 fully saturated rings. The van der Waals surface area contributed by atoms with E-state index in [1.165, 1.54) is 34.9 Å². The SMILES string of the molecule is C=CC1(C)CCC2C(c3c[nH]c4cccc(c34)C2(C)C)C1[NH2+][CH2-]. The first-order valence-electron chi connectivity index (χ1n) is 8.80. The van der Waals surface area contributed by atoms with Crippen molar-refractivity contribution in [2.45, 2.75) is 51.0 Å². The summed E-state index contributed by atoms with van der Waals surface area (Å²) in [6.45, 7) is 11.4. The van der Waals surface area contributed by atoms with E-state index in [9.17, 15) is 0 Å². The lowest BCUT2D eigenvalue weighted by Gasteiger charge is -2.54. The molecule has 4 unspecified atom stereocenters. The number of aromatic nitrogens is 1. The van der Waals surface area contributed by atoms with Gasteiger partial charge in [0.2, 0.25) is 0 Å². The van der Waals surface area contributed by atoms with Crippen molar-refractivity contribution in [2.75, 3.05) is 0 Å². The van der Waals surface area contributed by atoms with Gasteiger partial charge in [0.1, 0.15) is 0 Å². The molecule has 0 bridgehead atoms. The molecule has 1 heterocycles. The second-order valence-corrected chi connectivity index (χ2v) is 8.34. The summed E-state index contributed by atoms with van der Waals surface area (Å²) >= 11 is 0. The van der Waals surface area contributed by atoms with Crippen LogP contribution >= 0.6 is 0 Å². The van der Waals surface area contributed by atoms with Crippen LogP contribution in [0.1, 0.15) is 50.7 Å². The van der Waals surface area contributed by atoms with Crippen molar-refractivity contribution in [3.63, 3.8) is 0 Å². The van der Waals surface area contributed by atoms with Gasteiger partial charge in [-0.3, -0.25) is 0 Å². The van der Waals surface area contributed by atoms with Crippen molar-refractivity contribution in [1.29, 1.82) is 0 Å². The molecule has 2 aliphatic carbocycles. The Kier molecular flexibility index (Phi) is 3.09. The van der Waals surface area contributed by atoms with Crippen LogP contribution < -0.4 is 5.32 Å². The topological polar surface area (TPSA) is 32.4 Å². The molecule has 2 heteroatoms. The fraction of sp³-hybridized carbons (Fsp3) is 0.476. The fourth-order valence-corrected chi connectivity index (χ4v) is 5.56. The van der Waals surface area contributed by atoms with Gasteiger partial charge in [0, 0.05) is 28.4 Å². The number of hydrogen-bond donors (Lipinski definition) is 2. The summed E-state index contributed by atoms with van der Waals surface area (Å²) in [6, 6.07) is 7.18. The summed E-state index contributed by atoms with van der Waals surface area (Å²) < 4.78 is 0. The molecule has 0 spiro atoms. The third kappa shape index (κ3) is 1.79. The molecule has 2 aromatic rings. The maximum absolute atomic E-state index is 4.21. The molecule has 0 amide bonds. The summed E-state index contributed by atoms with van der Waals surface area (Å²) in [4.78, 5) is 3.52. The first-order valence-corrected chi connectivity index (χ1v) is 8.80. The second kappa shape index (κ2) is 4.73. The summed E-state index contributed by atoms with van der Waals surface area (Å²) in [5.41, 5.74) is 4.63.